The second-order valence-electron chi connectivity index (χ2n) is 2.02. The first-order valence-electron chi connectivity index (χ1n) is 3.67. The van der Waals surface area contributed by atoms with Crippen LogP contribution in [0.15, 0.2) is 0 Å². The molecule has 0 aromatic carbocycles. The van der Waals surface area contributed by atoms with Gasteiger partial charge in [0.05, 0.1) is 0 Å². The van der Waals surface area contributed by atoms with Crippen molar-refractivity contribution in [2.45, 2.75) is 27.7 Å². The minimum Gasteiger partial charge on any atom is -0.550 e. The summed E-state index contributed by atoms with van der Waals surface area (Å²) in [7, 11) is 0. The molecule has 0 fully saturated rings. The van der Waals surface area contributed by atoms with Crippen LogP contribution in [0, 0.1) is 0 Å². The summed E-state index contributed by atoms with van der Waals surface area (Å²) in [4.78, 5) is 35.8. The number of carboxylic acids is 4. The van der Waals surface area contributed by atoms with Gasteiger partial charge in [-0.05, 0) is 13.8 Å². The fourth-order valence-electron chi connectivity index (χ4n) is 0. The van der Waals surface area contributed by atoms with Crippen LogP contribution in [0.1, 0.15) is 27.7 Å². The summed E-state index contributed by atoms with van der Waals surface area (Å²) < 4.78 is 0. The normalized spacial score (nSPS) is 5.56. The molecule has 0 spiro atoms. The maximum atomic E-state index is 9.00. The zero-order chi connectivity index (χ0) is 14.3. The first kappa shape index (κ1) is 36.0. The second kappa shape index (κ2) is 29.5. The third-order valence-corrected chi connectivity index (χ3v) is 0. The molecule has 0 rings (SSSR count). The van der Waals surface area contributed by atoms with Crippen molar-refractivity contribution in [1.82, 2.24) is 0 Å². The summed E-state index contributed by atoms with van der Waals surface area (Å²) in [5.74, 6) is -3.83. The Morgan fingerprint density at radius 3 is 0.722 bits per heavy atom. The van der Waals surface area contributed by atoms with Crippen molar-refractivity contribution in [3.63, 3.8) is 0 Å². The van der Waals surface area contributed by atoms with Gasteiger partial charge in [0.2, 0.25) is 0 Å². The van der Waals surface area contributed by atoms with Crippen molar-refractivity contribution in [2.75, 3.05) is 0 Å². The van der Waals surface area contributed by atoms with Crippen molar-refractivity contribution in [1.29, 1.82) is 0 Å². The number of carboxylic acid groups (broad SMARTS) is 4. The number of carbonyl (C=O) groups is 4. The average molecular weight is 320 g/mol. The zero-order valence-electron chi connectivity index (χ0n) is 10.1. The van der Waals surface area contributed by atoms with Gasteiger partial charge in [0.25, 0.3) is 11.9 Å². The summed E-state index contributed by atoms with van der Waals surface area (Å²) in [5.41, 5.74) is 0. The van der Waals surface area contributed by atoms with Crippen LogP contribution in [0.4, 0.5) is 0 Å². The predicted octanol–water partition coefficient (Wildman–Crippen LogP) is -3.13. The smallest absolute Gasteiger partial charge is 0.550 e. The minimum atomic E-state index is -1.08. The summed E-state index contributed by atoms with van der Waals surface area (Å²) in [6.45, 7) is 4.11. The average Bonchev–Trinajstić information content (AvgIpc) is 1.76. The maximum absolute atomic E-state index is 9.00. The van der Waals surface area contributed by atoms with Crippen molar-refractivity contribution in [3.8, 4) is 0 Å². The van der Waals surface area contributed by atoms with Crippen molar-refractivity contribution >= 4 is 23.9 Å². The van der Waals surface area contributed by atoms with Gasteiger partial charge in [-0.15, -0.1) is 0 Å². The van der Waals surface area contributed by atoms with E-state index in [1.54, 1.807) is 0 Å². The Balaban J connectivity index is -0.0000000257. The van der Waals surface area contributed by atoms with Gasteiger partial charge in [-0.25, -0.2) is 0 Å². The third kappa shape index (κ3) is 952. The Labute approximate surface area is 114 Å². The Hall–Kier alpha value is -1.64. The van der Waals surface area contributed by atoms with E-state index in [0.29, 0.717) is 0 Å². The number of carbonyl (C=O) groups excluding carboxylic acids is 2. The van der Waals surface area contributed by atoms with Gasteiger partial charge >= 0.3 is 17.1 Å². The van der Waals surface area contributed by atoms with Crippen LogP contribution in [-0.4, -0.2) is 39.6 Å². The van der Waals surface area contributed by atoms with Gasteiger partial charge in [-0.3, -0.25) is 9.59 Å². The van der Waals surface area contributed by atoms with E-state index in [0.717, 1.165) is 27.7 Å². The molecule has 0 atom stereocenters. The van der Waals surface area contributed by atoms with E-state index >= 15 is 0 Å². The molecule has 0 saturated heterocycles. The zero-order valence-corrected chi connectivity index (χ0v) is 11.1. The van der Waals surface area contributed by atoms with Crippen LogP contribution >= 0.6 is 0 Å². The van der Waals surface area contributed by atoms with Crippen LogP contribution in [0.2, 0.25) is 0 Å². The predicted molar refractivity (Wildman–Crippen MR) is 51.6 cm³/mol. The van der Waals surface area contributed by atoms with E-state index in [-0.39, 0.29) is 22.5 Å². The molecule has 10 heteroatoms. The van der Waals surface area contributed by atoms with Gasteiger partial charge in [0.1, 0.15) is 0 Å². The Morgan fingerprint density at radius 2 is 0.722 bits per heavy atom. The molecule has 0 amide bonds. The fraction of sp³-hybridized carbons (Fsp3) is 0.500. The van der Waals surface area contributed by atoms with Crippen LogP contribution in [0.3, 0.4) is 0 Å². The van der Waals surface area contributed by atoms with Crippen molar-refractivity contribution in [2.24, 2.45) is 0 Å². The van der Waals surface area contributed by atoms with E-state index in [1.165, 1.54) is 0 Å². The molecular weight excluding hydrogens is 304 g/mol. The third-order valence-electron chi connectivity index (χ3n) is 0. The molecule has 4 N–H and O–H groups in total. The number of hydrogen-bond donors (Lipinski definition) is 2. The first-order valence-corrected chi connectivity index (χ1v) is 3.67. The monoisotopic (exact) mass is 319 g/mol. The Kier molecular flexibility index (Phi) is 59.0. The fourth-order valence-corrected chi connectivity index (χ4v) is 0. The van der Waals surface area contributed by atoms with Crippen molar-refractivity contribution in [3.05, 3.63) is 0 Å². The summed E-state index contributed by atoms with van der Waals surface area (Å²) in [6.07, 6.45) is 0. The van der Waals surface area contributed by atoms with Gasteiger partial charge in [-0.1, -0.05) is 0 Å². The quantitative estimate of drug-likeness (QED) is 0.438. The maximum Gasteiger partial charge on any atom is 2.00 e. The Morgan fingerprint density at radius 1 is 0.722 bits per heavy atom. The van der Waals surface area contributed by atoms with Gasteiger partial charge in [0, 0.05) is 25.8 Å². The first-order chi connectivity index (χ1) is 6.93. The summed E-state index contributed by atoms with van der Waals surface area (Å²) in [5, 5.41) is 32.6. The van der Waals surface area contributed by atoms with E-state index in [4.69, 9.17) is 39.6 Å². The molecule has 0 aromatic heterocycles. The Bertz CT molecular complexity index is 163. The molecule has 0 saturated carbocycles. The number of rotatable bonds is 0. The molecule has 0 aliphatic carbocycles. The van der Waals surface area contributed by atoms with E-state index in [9.17, 15) is 0 Å². The van der Waals surface area contributed by atoms with Crippen LogP contribution in [-0.2, 0) is 36.2 Å². The number of hydrogen-bond acceptors (Lipinski definition) is 6. The molecule has 0 unspecified atom stereocenters. The van der Waals surface area contributed by atoms with E-state index < -0.39 is 23.9 Å². The molecule has 1 radical (unpaired) electrons. The summed E-state index contributed by atoms with van der Waals surface area (Å²) >= 11 is 0. The second-order valence-corrected chi connectivity index (χ2v) is 2.02. The topological polar surface area (TPSA) is 186 Å². The van der Waals surface area contributed by atoms with E-state index in [2.05, 4.69) is 0 Å². The molecular formula is C8H16CuO9. The van der Waals surface area contributed by atoms with E-state index in [1.807, 2.05) is 0 Å². The minimum absolute atomic E-state index is 0. The standard InChI is InChI=1S/4C2H4O2.Cu.H2O/c4*1-2(3)4;;/h4*1H3,(H,3,4);;1H2/q;;;;+2;/p-2. The molecule has 18 heavy (non-hydrogen) atoms. The molecule has 113 valence electrons. The summed E-state index contributed by atoms with van der Waals surface area (Å²) in [6, 6.07) is 0. The SMILES string of the molecule is CC(=O)O.CC(=O)O.CC(=O)[O-].CC(=O)[O-].O.[Cu+2]. The molecule has 0 bridgehead atoms. The molecule has 0 aromatic rings. The van der Waals surface area contributed by atoms with Gasteiger partial charge in [0.15, 0.2) is 0 Å². The molecule has 9 nitrogen and oxygen atoms in total. The van der Waals surface area contributed by atoms with Crippen LogP contribution < -0.4 is 10.2 Å². The van der Waals surface area contributed by atoms with Gasteiger partial charge < -0.3 is 35.5 Å². The molecule has 0 heterocycles. The number of aliphatic carboxylic acids is 4. The van der Waals surface area contributed by atoms with Crippen LogP contribution in [0.5, 0.6) is 0 Å². The molecule has 0 aliphatic rings. The largest absolute Gasteiger partial charge is 2.00 e. The van der Waals surface area contributed by atoms with Crippen LogP contribution in [0.25, 0.3) is 0 Å². The van der Waals surface area contributed by atoms with Crippen molar-refractivity contribution < 1.29 is 62.1 Å². The molecule has 0 aliphatic heterocycles. The van der Waals surface area contributed by atoms with Gasteiger partial charge in [-0.2, -0.15) is 0 Å².